The molecule has 0 bridgehead atoms. The van der Waals surface area contributed by atoms with Crippen LogP contribution in [-0.4, -0.2) is 5.66 Å². The van der Waals surface area contributed by atoms with Crippen molar-refractivity contribution < 1.29 is 0 Å². The molecule has 0 fully saturated rings. The fourth-order valence-electron chi connectivity index (χ4n) is 2.42. The molecule has 1 aliphatic rings. The van der Waals surface area contributed by atoms with Crippen LogP contribution in [-0.2, 0) is 0 Å². The Balaban J connectivity index is 2.36. The summed E-state index contributed by atoms with van der Waals surface area (Å²) in [6.07, 6.45) is 0. The van der Waals surface area contributed by atoms with Crippen molar-refractivity contribution in [3.8, 4) is 0 Å². The zero-order chi connectivity index (χ0) is 11.1. The molecule has 0 aliphatic carbocycles. The SMILES string of the molecule is CC(C)C1(C(C)C)Nc2ccccc2N1. The van der Waals surface area contributed by atoms with E-state index in [4.69, 9.17) is 0 Å². The summed E-state index contributed by atoms with van der Waals surface area (Å²) < 4.78 is 0. The van der Waals surface area contributed by atoms with Gasteiger partial charge in [0.25, 0.3) is 0 Å². The summed E-state index contributed by atoms with van der Waals surface area (Å²) >= 11 is 0. The van der Waals surface area contributed by atoms with Crippen molar-refractivity contribution in [3.05, 3.63) is 24.3 Å². The van der Waals surface area contributed by atoms with Crippen LogP contribution in [0.4, 0.5) is 11.4 Å². The Kier molecular flexibility index (Phi) is 2.37. The molecule has 0 unspecified atom stereocenters. The molecule has 1 aromatic carbocycles. The largest absolute Gasteiger partial charge is 0.361 e. The topological polar surface area (TPSA) is 24.1 Å². The Hall–Kier alpha value is -1.18. The van der Waals surface area contributed by atoms with Crippen molar-refractivity contribution >= 4 is 11.4 Å². The van der Waals surface area contributed by atoms with Gasteiger partial charge in [0.05, 0.1) is 11.4 Å². The standard InChI is InChI=1S/C13H20N2/c1-9(2)13(10(3)4)14-11-7-5-6-8-12(11)15-13/h5-10,14-15H,1-4H3. The normalized spacial score (nSPS) is 17.5. The quantitative estimate of drug-likeness (QED) is 0.770. The lowest BCUT2D eigenvalue weighted by atomic mass is 9.86. The van der Waals surface area contributed by atoms with E-state index in [0.717, 1.165) is 0 Å². The molecule has 0 amide bonds. The van der Waals surface area contributed by atoms with Crippen LogP contribution in [0.3, 0.4) is 0 Å². The minimum atomic E-state index is 0.00366. The number of benzene rings is 1. The second-order valence-electron chi connectivity index (χ2n) is 4.97. The van der Waals surface area contributed by atoms with Crippen molar-refractivity contribution in [2.75, 3.05) is 10.6 Å². The maximum Gasteiger partial charge on any atom is 0.112 e. The van der Waals surface area contributed by atoms with Gasteiger partial charge < -0.3 is 10.6 Å². The summed E-state index contributed by atoms with van der Waals surface area (Å²) in [5.41, 5.74) is 2.45. The predicted molar refractivity (Wildman–Crippen MR) is 66.1 cm³/mol. The predicted octanol–water partition coefficient (Wildman–Crippen LogP) is 3.53. The van der Waals surface area contributed by atoms with Crippen molar-refractivity contribution in [1.82, 2.24) is 0 Å². The Morgan fingerprint density at radius 1 is 0.867 bits per heavy atom. The van der Waals surface area contributed by atoms with Gasteiger partial charge in [-0.25, -0.2) is 0 Å². The number of fused-ring (bicyclic) bond motifs is 1. The van der Waals surface area contributed by atoms with Crippen LogP contribution in [0.25, 0.3) is 0 Å². The van der Waals surface area contributed by atoms with E-state index >= 15 is 0 Å². The van der Waals surface area contributed by atoms with Gasteiger partial charge in [0.15, 0.2) is 0 Å². The number of nitrogens with one attached hydrogen (secondary N) is 2. The zero-order valence-electron chi connectivity index (χ0n) is 9.96. The number of rotatable bonds is 2. The summed E-state index contributed by atoms with van der Waals surface area (Å²) in [6, 6.07) is 8.41. The van der Waals surface area contributed by atoms with Crippen LogP contribution in [0.15, 0.2) is 24.3 Å². The molecule has 2 N–H and O–H groups in total. The first-order valence-corrected chi connectivity index (χ1v) is 5.71. The van der Waals surface area contributed by atoms with Gasteiger partial charge in [0.2, 0.25) is 0 Å². The van der Waals surface area contributed by atoms with E-state index in [2.05, 4.69) is 62.6 Å². The first-order chi connectivity index (χ1) is 7.06. The van der Waals surface area contributed by atoms with Crippen LogP contribution >= 0.6 is 0 Å². The fraction of sp³-hybridized carbons (Fsp3) is 0.538. The molecule has 2 heteroatoms. The highest BCUT2D eigenvalue weighted by molar-refractivity contribution is 5.76. The van der Waals surface area contributed by atoms with Crippen molar-refractivity contribution in [1.29, 1.82) is 0 Å². The molecule has 82 valence electrons. The van der Waals surface area contributed by atoms with Crippen LogP contribution in [0.1, 0.15) is 27.7 Å². The monoisotopic (exact) mass is 204 g/mol. The van der Waals surface area contributed by atoms with Crippen LogP contribution in [0.2, 0.25) is 0 Å². The average molecular weight is 204 g/mol. The Morgan fingerprint density at radius 2 is 1.27 bits per heavy atom. The number of hydrogen-bond donors (Lipinski definition) is 2. The third-order valence-electron chi connectivity index (χ3n) is 3.43. The van der Waals surface area contributed by atoms with Crippen LogP contribution in [0.5, 0.6) is 0 Å². The Bertz CT molecular complexity index is 320. The maximum absolute atomic E-state index is 3.64. The molecule has 2 rings (SSSR count). The van der Waals surface area contributed by atoms with E-state index in [1.165, 1.54) is 11.4 Å². The number of para-hydroxylation sites is 2. The second kappa shape index (κ2) is 3.44. The molecule has 1 aromatic rings. The fourth-order valence-corrected chi connectivity index (χ4v) is 2.42. The smallest absolute Gasteiger partial charge is 0.112 e. The molecule has 1 aliphatic heterocycles. The lowest BCUT2D eigenvalue weighted by molar-refractivity contribution is 0.298. The molecule has 0 atom stereocenters. The van der Waals surface area contributed by atoms with E-state index in [9.17, 15) is 0 Å². The minimum Gasteiger partial charge on any atom is -0.361 e. The van der Waals surface area contributed by atoms with E-state index in [1.54, 1.807) is 0 Å². The average Bonchev–Trinajstić information content (AvgIpc) is 2.57. The molecule has 0 saturated carbocycles. The molecule has 15 heavy (non-hydrogen) atoms. The van der Waals surface area contributed by atoms with E-state index in [1.807, 2.05) is 0 Å². The van der Waals surface area contributed by atoms with Gasteiger partial charge in [0, 0.05) is 0 Å². The van der Waals surface area contributed by atoms with Crippen molar-refractivity contribution in [2.45, 2.75) is 33.4 Å². The summed E-state index contributed by atoms with van der Waals surface area (Å²) in [4.78, 5) is 0. The Labute approximate surface area is 92.1 Å². The van der Waals surface area contributed by atoms with E-state index in [0.29, 0.717) is 11.8 Å². The molecular formula is C13H20N2. The van der Waals surface area contributed by atoms with Gasteiger partial charge in [-0.3, -0.25) is 0 Å². The summed E-state index contributed by atoms with van der Waals surface area (Å²) in [5.74, 6) is 1.09. The highest BCUT2D eigenvalue weighted by Crippen LogP contribution is 2.41. The summed E-state index contributed by atoms with van der Waals surface area (Å²) in [5, 5.41) is 7.27. The molecule has 0 radical (unpaired) electrons. The minimum absolute atomic E-state index is 0.00366. The number of anilines is 2. The van der Waals surface area contributed by atoms with Crippen LogP contribution < -0.4 is 10.6 Å². The number of hydrogen-bond acceptors (Lipinski definition) is 2. The molecule has 1 heterocycles. The van der Waals surface area contributed by atoms with E-state index in [-0.39, 0.29) is 5.66 Å². The van der Waals surface area contributed by atoms with Gasteiger partial charge in [-0.1, -0.05) is 39.8 Å². The van der Waals surface area contributed by atoms with Gasteiger partial charge in [-0.2, -0.15) is 0 Å². The van der Waals surface area contributed by atoms with Gasteiger partial charge in [0.1, 0.15) is 5.66 Å². The molecule has 0 spiro atoms. The summed E-state index contributed by atoms with van der Waals surface area (Å²) in [6.45, 7) is 9.02. The molecule has 0 saturated heterocycles. The molecular weight excluding hydrogens is 184 g/mol. The van der Waals surface area contributed by atoms with Crippen LogP contribution in [0, 0.1) is 11.8 Å². The Morgan fingerprint density at radius 3 is 1.60 bits per heavy atom. The van der Waals surface area contributed by atoms with Gasteiger partial charge in [-0.05, 0) is 24.0 Å². The third kappa shape index (κ3) is 1.48. The van der Waals surface area contributed by atoms with Crippen molar-refractivity contribution in [3.63, 3.8) is 0 Å². The first kappa shape index (κ1) is 10.3. The lowest BCUT2D eigenvalue weighted by Crippen LogP contribution is -2.51. The highest BCUT2D eigenvalue weighted by atomic mass is 15.3. The van der Waals surface area contributed by atoms with Gasteiger partial charge in [-0.15, -0.1) is 0 Å². The third-order valence-corrected chi connectivity index (χ3v) is 3.43. The maximum atomic E-state index is 3.64. The van der Waals surface area contributed by atoms with Gasteiger partial charge >= 0.3 is 0 Å². The van der Waals surface area contributed by atoms with Crippen molar-refractivity contribution in [2.24, 2.45) is 11.8 Å². The zero-order valence-corrected chi connectivity index (χ0v) is 9.96. The lowest BCUT2D eigenvalue weighted by Gasteiger charge is -2.39. The summed E-state index contributed by atoms with van der Waals surface area (Å²) in [7, 11) is 0. The molecule has 2 nitrogen and oxygen atoms in total. The highest BCUT2D eigenvalue weighted by Gasteiger charge is 2.41. The molecule has 0 aromatic heterocycles. The second-order valence-corrected chi connectivity index (χ2v) is 4.97. The first-order valence-electron chi connectivity index (χ1n) is 5.71. The van der Waals surface area contributed by atoms with E-state index < -0.39 is 0 Å².